The molecule has 34 heavy (non-hydrogen) atoms. The number of imidazole rings is 1. The number of rotatable bonds is 9. The maximum atomic E-state index is 12.9. The van der Waals surface area contributed by atoms with Crippen LogP contribution >= 0.6 is 0 Å². The fourth-order valence-electron chi connectivity index (χ4n) is 5.55. The molecule has 2 aliphatic rings. The summed E-state index contributed by atoms with van der Waals surface area (Å²) in [4.78, 5) is 39.6. The summed E-state index contributed by atoms with van der Waals surface area (Å²) in [6, 6.07) is 5.65. The van der Waals surface area contributed by atoms with Crippen molar-refractivity contribution in [3.63, 3.8) is 0 Å². The van der Waals surface area contributed by atoms with Crippen LogP contribution in [0.1, 0.15) is 63.0 Å². The van der Waals surface area contributed by atoms with Gasteiger partial charge in [-0.05, 0) is 82.2 Å². The number of nitrogens with two attached hydrogens (primary N) is 1. The van der Waals surface area contributed by atoms with E-state index in [2.05, 4.69) is 23.3 Å². The molecule has 2 aromatic rings. The van der Waals surface area contributed by atoms with Crippen molar-refractivity contribution in [2.75, 3.05) is 26.7 Å². The van der Waals surface area contributed by atoms with Crippen LogP contribution in [0, 0.1) is 5.92 Å². The normalized spacial score (nSPS) is 23.6. The van der Waals surface area contributed by atoms with Crippen molar-refractivity contribution in [2.24, 2.45) is 18.7 Å². The van der Waals surface area contributed by atoms with E-state index in [-0.39, 0.29) is 30.3 Å². The van der Waals surface area contributed by atoms with Gasteiger partial charge in [0.1, 0.15) is 6.04 Å². The van der Waals surface area contributed by atoms with Gasteiger partial charge in [-0.2, -0.15) is 0 Å². The van der Waals surface area contributed by atoms with E-state index in [1.165, 1.54) is 55.2 Å². The Morgan fingerprint density at radius 3 is 2.59 bits per heavy atom. The van der Waals surface area contributed by atoms with E-state index >= 15 is 0 Å². The number of Topliss-reactive ketones (excluding diaryl/α,β-unsaturated/α-hetero) is 1. The summed E-state index contributed by atoms with van der Waals surface area (Å²) < 4.78 is 3.06. The first-order chi connectivity index (χ1) is 16.3. The first-order valence-corrected chi connectivity index (χ1v) is 12.8. The van der Waals surface area contributed by atoms with Crippen LogP contribution in [0.4, 0.5) is 0 Å². The number of carbonyl (C=O) groups is 2. The molecule has 0 bridgehead atoms. The van der Waals surface area contributed by atoms with Gasteiger partial charge in [0.15, 0.2) is 5.78 Å². The number of nitrogens with one attached hydrogen (secondary N) is 1. The Morgan fingerprint density at radius 2 is 1.82 bits per heavy atom. The molecular formula is C26H39N5O3. The average Bonchev–Trinajstić information content (AvgIpc) is 3.06. The maximum Gasteiger partial charge on any atom is 0.329 e. The molecule has 2 heterocycles. The van der Waals surface area contributed by atoms with Crippen molar-refractivity contribution in [3.05, 3.63) is 34.2 Å². The molecule has 8 heteroatoms. The summed E-state index contributed by atoms with van der Waals surface area (Å²) in [7, 11) is 3.96. The number of unbranched alkanes of at least 4 members (excludes halogenated alkanes) is 2. The molecule has 1 amide bonds. The first-order valence-electron chi connectivity index (χ1n) is 12.8. The smallest absolute Gasteiger partial charge is 0.329 e. The third-order valence-electron chi connectivity index (χ3n) is 7.62. The monoisotopic (exact) mass is 469 g/mol. The number of aromatic nitrogens is 2. The molecular weight excluding hydrogens is 430 g/mol. The summed E-state index contributed by atoms with van der Waals surface area (Å²) in [5.41, 5.74) is 8.46. The van der Waals surface area contributed by atoms with Crippen molar-refractivity contribution < 1.29 is 9.59 Å². The van der Waals surface area contributed by atoms with E-state index in [1.807, 2.05) is 12.1 Å². The fourth-order valence-corrected chi connectivity index (χ4v) is 5.55. The summed E-state index contributed by atoms with van der Waals surface area (Å²) >= 11 is 0. The molecule has 0 radical (unpaired) electrons. The van der Waals surface area contributed by atoms with Crippen LogP contribution in [0.25, 0.3) is 11.0 Å². The summed E-state index contributed by atoms with van der Waals surface area (Å²) in [5, 5.41) is 2.60. The number of fused-ring (bicyclic) bond motifs is 1. The number of carbonyl (C=O) groups excluding carboxylic acids is 2. The number of nitrogens with zero attached hydrogens (tertiary/aromatic N) is 3. The molecule has 1 unspecified atom stereocenters. The second kappa shape index (κ2) is 10.9. The third-order valence-corrected chi connectivity index (χ3v) is 7.62. The predicted molar refractivity (Wildman–Crippen MR) is 134 cm³/mol. The maximum absolute atomic E-state index is 12.9. The largest absolute Gasteiger partial charge is 0.347 e. The molecule has 0 spiro atoms. The van der Waals surface area contributed by atoms with Crippen LogP contribution in [0.15, 0.2) is 23.0 Å². The molecule has 186 valence electrons. The van der Waals surface area contributed by atoms with E-state index in [4.69, 9.17) is 5.73 Å². The van der Waals surface area contributed by atoms with E-state index in [9.17, 15) is 14.4 Å². The molecule has 1 aromatic carbocycles. The van der Waals surface area contributed by atoms with E-state index in [1.54, 1.807) is 11.6 Å². The molecule has 1 aromatic heterocycles. The van der Waals surface area contributed by atoms with Crippen molar-refractivity contribution in [1.82, 2.24) is 19.4 Å². The van der Waals surface area contributed by atoms with Gasteiger partial charge < -0.3 is 16.0 Å². The van der Waals surface area contributed by atoms with E-state index in [0.29, 0.717) is 11.6 Å². The molecule has 1 aliphatic heterocycles. The van der Waals surface area contributed by atoms with Gasteiger partial charge in [-0.25, -0.2) is 4.79 Å². The second-order valence-electron chi connectivity index (χ2n) is 10.4. The Balaban J connectivity index is 1.30. The van der Waals surface area contributed by atoms with E-state index in [0.717, 1.165) is 30.8 Å². The minimum absolute atomic E-state index is 0.0457. The van der Waals surface area contributed by atoms with Gasteiger partial charge in [0.05, 0.1) is 17.6 Å². The van der Waals surface area contributed by atoms with Gasteiger partial charge in [-0.1, -0.05) is 12.5 Å². The van der Waals surface area contributed by atoms with Gasteiger partial charge in [0.2, 0.25) is 5.91 Å². The van der Waals surface area contributed by atoms with Crippen molar-refractivity contribution in [1.29, 1.82) is 0 Å². The molecule has 8 nitrogen and oxygen atoms in total. The van der Waals surface area contributed by atoms with Gasteiger partial charge >= 0.3 is 5.69 Å². The van der Waals surface area contributed by atoms with Crippen LogP contribution in [0.2, 0.25) is 0 Å². The second-order valence-corrected chi connectivity index (χ2v) is 10.4. The fraction of sp³-hybridized carbons (Fsp3) is 0.654. The Bertz CT molecular complexity index is 1080. The highest BCUT2D eigenvalue weighted by Gasteiger charge is 2.31. The van der Waals surface area contributed by atoms with Crippen LogP contribution in [0.5, 0.6) is 0 Å². The Kier molecular flexibility index (Phi) is 7.88. The van der Waals surface area contributed by atoms with Crippen LogP contribution in [-0.4, -0.2) is 58.4 Å². The summed E-state index contributed by atoms with van der Waals surface area (Å²) in [6.45, 7) is 2.35. The number of amides is 1. The van der Waals surface area contributed by atoms with Gasteiger partial charge in [-0.3, -0.25) is 18.7 Å². The molecule has 1 saturated heterocycles. The Labute approximate surface area is 201 Å². The zero-order chi connectivity index (χ0) is 24.2. The minimum atomic E-state index is -0.773. The molecule has 3 N–H and O–H groups in total. The molecule has 1 saturated carbocycles. The number of benzene rings is 1. The third kappa shape index (κ3) is 5.61. The SMILES string of the molecule is CN(CCCCCc1ccc2c(c1)n(C)c(=O)n2C1CC(=O)CNC1=O)CC1CCC(N)CC1. The van der Waals surface area contributed by atoms with Gasteiger partial charge in [0, 0.05) is 26.1 Å². The number of piperidine rings is 1. The lowest BCUT2D eigenvalue weighted by atomic mass is 9.86. The van der Waals surface area contributed by atoms with Crippen LogP contribution < -0.4 is 16.7 Å². The topological polar surface area (TPSA) is 102 Å². The zero-order valence-corrected chi connectivity index (χ0v) is 20.6. The number of aryl methyl sites for hydroxylation is 2. The molecule has 1 aliphatic carbocycles. The first kappa shape index (κ1) is 24.7. The molecule has 1 atom stereocenters. The number of ketones is 1. The summed E-state index contributed by atoms with van der Waals surface area (Å²) in [5.74, 6) is 0.474. The van der Waals surface area contributed by atoms with Crippen molar-refractivity contribution in [3.8, 4) is 0 Å². The average molecular weight is 470 g/mol. The highest BCUT2D eigenvalue weighted by molar-refractivity contribution is 5.96. The van der Waals surface area contributed by atoms with Crippen molar-refractivity contribution in [2.45, 2.75) is 69.9 Å². The Morgan fingerprint density at radius 1 is 1.06 bits per heavy atom. The minimum Gasteiger partial charge on any atom is -0.347 e. The lowest BCUT2D eigenvalue weighted by Crippen LogP contribution is -2.45. The van der Waals surface area contributed by atoms with Crippen molar-refractivity contribution >= 4 is 22.7 Å². The van der Waals surface area contributed by atoms with Gasteiger partial charge in [-0.15, -0.1) is 0 Å². The molecule has 4 rings (SSSR count). The predicted octanol–water partition coefficient (Wildman–Crippen LogP) is 2.13. The Hall–Kier alpha value is -2.45. The van der Waals surface area contributed by atoms with Crippen LogP contribution in [-0.2, 0) is 23.1 Å². The lowest BCUT2D eigenvalue weighted by Gasteiger charge is -2.29. The molecule has 2 fully saturated rings. The summed E-state index contributed by atoms with van der Waals surface area (Å²) in [6.07, 6.45) is 9.35. The van der Waals surface area contributed by atoms with E-state index < -0.39 is 6.04 Å². The highest BCUT2D eigenvalue weighted by atomic mass is 16.2. The number of hydrogen-bond donors (Lipinski definition) is 2. The van der Waals surface area contributed by atoms with Crippen LogP contribution in [0.3, 0.4) is 0 Å². The number of hydrogen-bond acceptors (Lipinski definition) is 5. The standard InChI is InChI=1S/C26H39N5O3/c1-29(17-19-7-10-20(27)11-8-19)13-5-3-4-6-18-9-12-22-23(14-18)30(2)26(34)31(22)24-15-21(32)16-28-25(24)33/h9,12,14,19-20,24H,3-8,10-11,13,15-17,27H2,1-2H3,(H,28,33). The van der Waals surface area contributed by atoms with Gasteiger partial charge in [0.25, 0.3) is 0 Å². The quantitative estimate of drug-likeness (QED) is 0.548. The lowest BCUT2D eigenvalue weighted by molar-refractivity contribution is -0.133. The zero-order valence-electron chi connectivity index (χ0n) is 20.6. The highest BCUT2D eigenvalue weighted by Crippen LogP contribution is 2.25.